The highest BCUT2D eigenvalue weighted by Gasteiger charge is 2.17. The first kappa shape index (κ1) is 8.10. The van der Waals surface area contributed by atoms with Gasteiger partial charge in [0.2, 0.25) is 0 Å². The number of aliphatic carboxylic acids is 1. The monoisotopic (exact) mass is 132 g/mol. The van der Waals surface area contributed by atoms with Gasteiger partial charge in [-0.05, 0) is 0 Å². The van der Waals surface area contributed by atoms with Crippen LogP contribution < -0.4 is 0 Å². The molecule has 0 aromatic rings. The molecule has 0 aliphatic heterocycles. The van der Waals surface area contributed by atoms with E-state index in [2.05, 4.69) is 0 Å². The molecule has 0 spiro atoms. The molecule has 4 heteroatoms. The molecule has 1 N–H and O–H groups in total. The zero-order valence-corrected chi connectivity index (χ0v) is 5.50. The summed E-state index contributed by atoms with van der Waals surface area (Å²) in [7, 11) is 3.06. The summed E-state index contributed by atoms with van der Waals surface area (Å²) in [4.78, 5) is 20.1. The van der Waals surface area contributed by atoms with E-state index in [-0.39, 0.29) is 11.0 Å². The molecule has 0 aliphatic rings. The van der Waals surface area contributed by atoms with Crippen LogP contribution in [0.2, 0.25) is 0 Å². The van der Waals surface area contributed by atoms with E-state index in [1.54, 1.807) is 0 Å². The molecule has 0 saturated heterocycles. The number of likely N-dealkylation sites (N-methyl/N-ethyl adjacent to an activating group) is 1. The van der Waals surface area contributed by atoms with E-state index >= 15 is 0 Å². The number of rotatable bonds is 3. The van der Waals surface area contributed by atoms with Gasteiger partial charge in [-0.15, -0.1) is 0 Å². The van der Waals surface area contributed by atoms with Crippen molar-refractivity contribution in [2.75, 3.05) is 20.6 Å². The number of hydrogen-bond acceptors (Lipinski definition) is 2. The van der Waals surface area contributed by atoms with Gasteiger partial charge >= 0.3 is 12.4 Å². The Balaban J connectivity index is 3.86. The summed E-state index contributed by atoms with van der Waals surface area (Å²) in [6.45, 7) is -0.163. The van der Waals surface area contributed by atoms with Crippen molar-refractivity contribution in [2.24, 2.45) is 0 Å². The van der Waals surface area contributed by atoms with Crippen LogP contribution in [-0.2, 0) is 9.59 Å². The third-order valence-electron chi connectivity index (χ3n) is 0.828. The minimum atomic E-state index is -0.966. The molecular formula is C5H10NO3+. The van der Waals surface area contributed by atoms with E-state index in [0.29, 0.717) is 6.41 Å². The number of carbonyl (C=O) groups excluding carboxylic acids is 1. The predicted molar refractivity (Wildman–Crippen MR) is 30.7 cm³/mol. The van der Waals surface area contributed by atoms with Crippen molar-refractivity contribution in [1.82, 2.24) is 0 Å². The number of quaternary nitrogens is 1. The summed E-state index contributed by atoms with van der Waals surface area (Å²) in [5, 5.41) is 8.21. The van der Waals surface area contributed by atoms with E-state index in [0.717, 1.165) is 0 Å². The average molecular weight is 132 g/mol. The largest absolute Gasteiger partial charge is 0.477 e. The Morgan fingerprint density at radius 3 is 2.22 bits per heavy atom. The van der Waals surface area contributed by atoms with Gasteiger partial charge in [0.25, 0.3) is 0 Å². The Morgan fingerprint density at radius 2 is 2.11 bits per heavy atom. The highest BCUT2D eigenvalue weighted by molar-refractivity contribution is 5.69. The first-order valence-electron chi connectivity index (χ1n) is 2.49. The topological polar surface area (TPSA) is 54.4 Å². The van der Waals surface area contributed by atoms with Crippen LogP contribution in [0.3, 0.4) is 0 Å². The maximum atomic E-state index is 10.1. The number of hydrogen-bond donors (Lipinski definition) is 1. The zero-order chi connectivity index (χ0) is 7.49. The van der Waals surface area contributed by atoms with Crippen molar-refractivity contribution in [3.05, 3.63) is 0 Å². The van der Waals surface area contributed by atoms with Crippen LogP contribution in [0.15, 0.2) is 0 Å². The molecule has 9 heavy (non-hydrogen) atoms. The fraction of sp³-hybridized carbons (Fsp3) is 0.600. The first-order valence-corrected chi connectivity index (χ1v) is 2.49. The highest BCUT2D eigenvalue weighted by atomic mass is 16.4. The molecule has 0 radical (unpaired) electrons. The zero-order valence-electron chi connectivity index (χ0n) is 5.50. The van der Waals surface area contributed by atoms with Gasteiger partial charge in [-0.25, -0.2) is 9.59 Å². The molecule has 4 nitrogen and oxygen atoms in total. The minimum Gasteiger partial charge on any atom is -0.477 e. The number of carboxylic acids is 1. The standard InChI is InChI=1S/C5H9NO3/c1-6(2,4-7)3-5(8)9/h4H,3H2,1-2H3/p+1. The van der Waals surface area contributed by atoms with Crippen LogP contribution in [0, 0.1) is 0 Å². The third-order valence-corrected chi connectivity index (χ3v) is 0.828. The van der Waals surface area contributed by atoms with Gasteiger partial charge in [0.05, 0.1) is 14.1 Å². The predicted octanol–water partition coefficient (Wildman–Crippen LogP) is -0.696. The normalized spacial score (nSPS) is 10.9. The van der Waals surface area contributed by atoms with Crippen molar-refractivity contribution in [2.45, 2.75) is 0 Å². The SMILES string of the molecule is C[N+](C)(C=O)CC(=O)O. The van der Waals surface area contributed by atoms with Gasteiger partial charge < -0.3 is 5.11 Å². The fourth-order valence-corrected chi connectivity index (χ4v) is 0.386. The van der Waals surface area contributed by atoms with Gasteiger partial charge in [0.15, 0.2) is 6.54 Å². The van der Waals surface area contributed by atoms with Crippen molar-refractivity contribution in [3.8, 4) is 0 Å². The van der Waals surface area contributed by atoms with Crippen molar-refractivity contribution in [3.63, 3.8) is 0 Å². The lowest BCUT2D eigenvalue weighted by molar-refractivity contribution is -0.796. The van der Waals surface area contributed by atoms with Crippen LogP contribution in [0.4, 0.5) is 0 Å². The molecule has 0 rings (SSSR count). The molecular weight excluding hydrogens is 122 g/mol. The van der Waals surface area contributed by atoms with Crippen LogP contribution >= 0.6 is 0 Å². The van der Waals surface area contributed by atoms with E-state index in [4.69, 9.17) is 5.11 Å². The lowest BCUT2D eigenvalue weighted by Gasteiger charge is -2.17. The number of carboxylic acid groups (broad SMARTS) is 1. The molecule has 0 unspecified atom stereocenters. The van der Waals surface area contributed by atoms with Crippen LogP contribution in [0.25, 0.3) is 0 Å². The van der Waals surface area contributed by atoms with E-state index in [1.807, 2.05) is 0 Å². The van der Waals surface area contributed by atoms with Crippen LogP contribution in [0.5, 0.6) is 0 Å². The van der Waals surface area contributed by atoms with Gasteiger partial charge in [-0.2, -0.15) is 0 Å². The second kappa shape index (κ2) is 2.59. The van der Waals surface area contributed by atoms with E-state index in [9.17, 15) is 9.59 Å². The van der Waals surface area contributed by atoms with E-state index < -0.39 is 5.97 Å². The number of amides is 1. The summed E-state index contributed by atoms with van der Waals surface area (Å²) in [5.74, 6) is -0.966. The molecule has 0 heterocycles. The highest BCUT2D eigenvalue weighted by Crippen LogP contribution is 1.88. The summed E-state index contributed by atoms with van der Waals surface area (Å²) >= 11 is 0. The van der Waals surface area contributed by atoms with Crippen molar-refractivity contribution in [1.29, 1.82) is 0 Å². The van der Waals surface area contributed by atoms with Gasteiger partial charge in [0, 0.05) is 0 Å². The second-order valence-corrected chi connectivity index (χ2v) is 2.44. The first-order chi connectivity index (χ1) is 3.98. The van der Waals surface area contributed by atoms with Crippen molar-refractivity contribution < 1.29 is 19.2 Å². The van der Waals surface area contributed by atoms with Gasteiger partial charge in [0.1, 0.15) is 0 Å². The lowest BCUT2D eigenvalue weighted by Crippen LogP contribution is -2.42. The summed E-state index contributed by atoms with van der Waals surface area (Å²) in [6.07, 6.45) is 0.591. The molecule has 1 amide bonds. The molecule has 0 aliphatic carbocycles. The molecule has 0 aromatic heterocycles. The van der Waals surface area contributed by atoms with Crippen LogP contribution in [0.1, 0.15) is 0 Å². The summed E-state index contributed by atoms with van der Waals surface area (Å²) in [6, 6.07) is 0. The quantitative estimate of drug-likeness (QED) is 0.408. The van der Waals surface area contributed by atoms with Gasteiger partial charge in [-0.1, -0.05) is 0 Å². The Hall–Kier alpha value is -0.900. The Labute approximate surface area is 53.3 Å². The summed E-state index contributed by atoms with van der Waals surface area (Å²) < 4.78 is -0.130. The second-order valence-electron chi connectivity index (χ2n) is 2.44. The van der Waals surface area contributed by atoms with Crippen LogP contribution in [-0.4, -0.2) is 42.6 Å². The number of nitrogens with zero attached hydrogens (tertiary/aromatic N) is 1. The fourth-order valence-electron chi connectivity index (χ4n) is 0.386. The Morgan fingerprint density at radius 1 is 1.67 bits per heavy atom. The molecule has 52 valence electrons. The van der Waals surface area contributed by atoms with Gasteiger partial charge in [-0.3, -0.25) is 4.48 Å². The molecule has 0 atom stereocenters. The molecule has 0 aromatic carbocycles. The molecule has 0 saturated carbocycles. The maximum absolute atomic E-state index is 10.1. The third kappa shape index (κ3) is 3.66. The van der Waals surface area contributed by atoms with E-state index in [1.165, 1.54) is 14.1 Å². The number of carbonyl (C=O) groups is 2. The Bertz CT molecular complexity index is 130. The lowest BCUT2D eigenvalue weighted by atomic mass is 10.5. The Kier molecular flexibility index (Phi) is 2.33. The minimum absolute atomic E-state index is 0.130. The molecule has 0 bridgehead atoms. The molecule has 0 fully saturated rings. The average Bonchev–Trinajstić information content (AvgIpc) is 1.63. The smallest absolute Gasteiger partial charge is 0.359 e. The maximum Gasteiger partial charge on any atom is 0.359 e. The van der Waals surface area contributed by atoms with Crippen molar-refractivity contribution >= 4 is 12.4 Å². The summed E-state index contributed by atoms with van der Waals surface area (Å²) in [5.41, 5.74) is 0.